The van der Waals surface area contributed by atoms with Crippen LogP contribution in [0.4, 0.5) is 0 Å². The maximum atomic E-state index is 10.3. The molecular weight excluding hydrogens is 411 g/mol. The van der Waals surface area contributed by atoms with E-state index in [0.717, 1.165) is 12.8 Å². The molecule has 0 aliphatic carbocycles. The summed E-state index contributed by atoms with van der Waals surface area (Å²) in [5.74, 6) is -0.653. The first-order chi connectivity index (χ1) is 14.2. The second-order valence-corrected chi connectivity index (χ2v) is 8.96. The average molecular weight is 457 g/mol. The molecule has 0 aromatic heterocycles. The van der Waals surface area contributed by atoms with E-state index in [9.17, 15) is 9.36 Å². The number of carbonyl (C=O) groups is 1. The van der Waals surface area contributed by atoms with Gasteiger partial charge in [-0.25, -0.2) is 4.57 Å². The highest BCUT2D eigenvalue weighted by Gasteiger charge is 2.15. The van der Waals surface area contributed by atoms with Gasteiger partial charge >= 0.3 is 13.8 Å². The zero-order chi connectivity index (χ0) is 23.1. The van der Waals surface area contributed by atoms with Crippen molar-refractivity contribution < 1.29 is 39.0 Å². The lowest BCUT2D eigenvalue weighted by atomic mass is 10.0. The number of phosphoric acid groups is 1. The molecule has 0 heterocycles. The third-order valence-corrected chi connectivity index (χ3v) is 5.13. The highest BCUT2D eigenvalue weighted by Crippen LogP contribution is 2.35. The summed E-state index contributed by atoms with van der Waals surface area (Å²) in [4.78, 5) is 26.4. The average Bonchev–Trinajstić information content (AvgIpc) is 2.68. The highest BCUT2D eigenvalue weighted by molar-refractivity contribution is 7.46. The predicted octanol–water partition coefficient (Wildman–Crippen LogP) is 4.78. The summed E-state index contributed by atoms with van der Waals surface area (Å²) in [6.45, 7) is 1.12. The SMILES string of the molecule is CCCCCCCCCCCCCCCCCC(=O)O.O=P(O)(O)OCC(O)CO. The van der Waals surface area contributed by atoms with Crippen molar-refractivity contribution in [1.29, 1.82) is 0 Å². The first-order valence-corrected chi connectivity index (χ1v) is 13.0. The molecule has 0 amide bonds. The first-order valence-electron chi connectivity index (χ1n) is 11.4. The molecule has 0 rings (SSSR count). The Kier molecular flexibility index (Phi) is 24.5. The maximum absolute atomic E-state index is 10.3. The minimum absolute atomic E-state index is 0.345. The second-order valence-electron chi connectivity index (χ2n) is 7.72. The van der Waals surface area contributed by atoms with Crippen LogP contribution < -0.4 is 0 Å². The lowest BCUT2D eigenvalue weighted by Crippen LogP contribution is -2.18. The van der Waals surface area contributed by atoms with Crippen molar-refractivity contribution in [2.45, 2.75) is 116 Å². The van der Waals surface area contributed by atoms with Crippen LogP contribution in [-0.2, 0) is 13.9 Å². The molecule has 9 heteroatoms. The van der Waals surface area contributed by atoms with Crippen LogP contribution in [-0.4, -0.2) is 50.4 Å². The van der Waals surface area contributed by atoms with Gasteiger partial charge in [-0.05, 0) is 6.42 Å². The van der Waals surface area contributed by atoms with Gasteiger partial charge in [-0.15, -0.1) is 0 Å². The Bertz CT molecular complexity index is 414. The van der Waals surface area contributed by atoms with Crippen molar-refractivity contribution >= 4 is 13.8 Å². The van der Waals surface area contributed by atoms with Gasteiger partial charge in [0.15, 0.2) is 0 Å². The lowest BCUT2D eigenvalue weighted by molar-refractivity contribution is -0.137. The Labute approximate surface area is 182 Å². The van der Waals surface area contributed by atoms with Crippen LogP contribution in [0.15, 0.2) is 0 Å². The van der Waals surface area contributed by atoms with Gasteiger partial charge in [0.2, 0.25) is 0 Å². The third-order valence-electron chi connectivity index (χ3n) is 4.64. The second kappa shape index (κ2) is 23.2. The fraction of sp³-hybridized carbons (Fsp3) is 0.952. The van der Waals surface area contributed by atoms with Gasteiger partial charge in [0.25, 0.3) is 0 Å². The van der Waals surface area contributed by atoms with Crippen molar-refractivity contribution in [2.75, 3.05) is 13.2 Å². The van der Waals surface area contributed by atoms with E-state index >= 15 is 0 Å². The number of phosphoric ester groups is 1. The highest BCUT2D eigenvalue weighted by atomic mass is 31.2. The maximum Gasteiger partial charge on any atom is 0.469 e. The molecule has 1 unspecified atom stereocenters. The van der Waals surface area contributed by atoms with Gasteiger partial charge in [-0.1, -0.05) is 96.8 Å². The van der Waals surface area contributed by atoms with Gasteiger partial charge in [0, 0.05) is 6.42 Å². The molecule has 0 spiro atoms. The number of rotatable bonds is 20. The van der Waals surface area contributed by atoms with E-state index in [1.54, 1.807) is 0 Å². The van der Waals surface area contributed by atoms with E-state index in [1.165, 1.54) is 83.5 Å². The van der Waals surface area contributed by atoms with Crippen molar-refractivity contribution in [2.24, 2.45) is 0 Å². The summed E-state index contributed by atoms with van der Waals surface area (Å²) >= 11 is 0. The number of carboxylic acids is 1. The molecule has 0 aromatic carbocycles. The molecule has 0 aliphatic rings. The standard InChI is InChI=1S/C18H36O2.C3H9O6P/c1-2-3-4-5-6-7-8-9-10-11-12-13-14-15-16-17-18(19)20;4-1-3(5)2-9-10(6,7)8/h2-17H2,1H3,(H,19,20);3-5H,1-2H2,(H2,6,7,8). The zero-order valence-corrected chi connectivity index (χ0v) is 19.6. The number of hydrogen-bond donors (Lipinski definition) is 5. The van der Waals surface area contributed by atoms with Crippen LogP contribution in [0.2, 0.25) is 0 Å². The number of aliphatic hydroxyl groups is 2. The number of unbranched alkanes of at least 4 members (excludes halogenated alkanes) is 14. The monoisotopic (exact) mass is 456 g/mol. The summed E-state index contributed by atoms with van der Waals surface area (Å²) in [6.07, 6.45) is 19.0. The smallest absolute Gasteiger partial charge is 0.469 e. The molecule has 182 valence electrons. The molecule has 0 fully saturated rings. The molecule has 0 aromatic rings. The summed E-state index contributed by atoms with van der Waals surface area (Å²) in [6, 6.07) is 0. The fourth-order valence-electron chi connectivity index (χ4n) is 2.88. The van der Waals surface area contributed by atoms with E-state index < -0.39 is 33.1 Å². The Balaban J connectivity index is 0. The molecule has 0 saturated heterocycles. The molecule has 30 heavy (non-hydrogen) atoms. The van der Waals surface area contributed by atoms with Crippen LogP contribution in [0.1, 0.15) is 110 Å². The molecule has 8 nitrogen and oxygen atoms in total. The Morgan fingerprint density at radius 1 is 0.800 bits per heavy atom. The quantitative estimate of drug-likeness (QED) is 0.130. The Morgan fingerprint density at radius 3 is 1.47 bits per heavy atom. The van der Waals surface area contributed by atoms with Crippen molar-refractivity contribution in [3.05, 3.63) is 0 Å². The third kappa shape index (κ3) is 32.2. The van der Waals surface area contributed by atoms with E-state index in [2.05, 4.69) is 11.4 Å². The van der Waals surface area contributed by atoms with Crippen molar-refractivity contribution in [3.63, 3.8) is 0 Å². The summed E-state index contributed by atoms with van der Waals surface area (Å²) < 4.78 is 13.8. The van der Waals surface area contributed by atoms with Crippen molar-refractivity contribution in [1.82, 2.24) is 0 Å². The van der Waals surface area contributed by atoms with Gasteiger partial charge in [-0.2, -0.15) is 0 Å². The largest absolute Gasteiger partial charge is 0.481 e. The van der Waals surface area contributed by atoms with Gasteiger partial charge in [0.05, 0.1) is 13.2 Å². The number of hydrogen-bond acceptors (Lipinski definition) is 5. The van der Waals surface area contributed by atoms with E-state index in [-0.39, 0.29) is 0 Å². The summed E-state index contributed by atoms with van der Waals surface area (Å²) in [7, 11) is -4.50. The Morgan fingerprint density at radius 2 is 1.17 bits per heavy atom. The lowest BCUT2D eigenvalue weighted by Gasteiger charge is -2.07. The van der Waals surface area contributed by atoms with Crippen LogP contribution in [0.25, 0.3) is 0 Å². The summed E-state index contributed by atoms with van der Waals surface area (Å²) in [5, 5.41) is 25.2. The van der Waals surface area contributed by atoms with Gasteiger partial charge in [-0.3, -0.25) is 9.32 Å². The van der Waals surface area contributed by atoms with E-state index in [4.69, 9.17) is 25.1 Å². The first kappa shape index (κ1) is 31.7. The fourth-order valence-corrected chi connectivity index (χ4v) is 3.25. The van der Waals surface area contributed by atoms with E-state index in [0.29, 0.717) is 6.42 Å². The van der Waals surface area contributed by atoms with Crippen LogP contribution >= 0.6 is 7.82 Å². The molecule has 0 aliphatic heterocycles. The molecule has 0 saturated carbocycles. The molecular formula is C21H45O8P. The summed E-state index contributed by atoms with van der Waals surface area (Å²) in [5.41, 5.74) is 0. The minimum atomic E-state index is -4.50. The van der Waals surface area contributed by atoms with Crippen LogP contribution in [0.3, 0.4) is 0 Å². The van der Waals surface area contributed by atoms with Gasteiger partial charge in [0.1, 0.15) is 6.10 Å². The van der Waals surface area contributed by atoms with E-state index in [1.807, 2.05) is 0 Å². The molecule has 0 bridgehead atoms. The molecule has 0 radical (unpaired) electrons. The number of aliphatic hydroxyl groups excluding tert-OH is 2. The molecule has 1 atom stereocenters. The van der Waals surface area contributed by atoms with Gasteiger partial charge < -0.3 is 25.1 Å². The number of aliphatic carboxylic acids is 1. The predicted molar refractivity (Wildman–Crippen MR) is 118 cm³/mol. The van der Waals surface area contributed by atoms with Crippen molar-refractivity contribution in [3.8, 4) is 0 Å². The zero-order valence-electron chi connectivity index (χ0n) is 18.7. The molecule has 5 N–H and O–H groups in total. The number of carboxylic acid groups (broad SMARTS) is 1. The minimum Gasteiger partial charge on any atom is -0.481 e. The van der Waals surface area contributed by atoms with Crippen LogP contribution in [0, 0.1) is 0 Å². The topological polar surface area (TPSA) is 145 Å². The van der Waals surface area contributed by atoms with Crippen LogP contribution in [0.5, 0.6) is 0 Å². The Hall–Kier alpha value is -0.500. The normalized spacial score (nSPS) is 12.3.